The molecule has 0 radical (unpaired) electrons. The van der Waals surface area contributed by atoms with Gasteiger partial charge in [-0.15, -0.1) is 0 Å². The highest BCUT2D eigenvalue weighted by Gasteiger charge is 2.25. The fraction of sp³-hybridized carbons (Fsp3) is 0.316. The largest absolute Gasteiger partial charge is 0.333 e. The summed E-state index contributed by atoms with van der Waals surface area (Å²) in [7, 11) is -3.76. The number of nitrogens with zero attached hydrogens (tertiary/aromatic N) is 1. The number of sulfonamides is 1. The van der Waals surface area contributed by atoms with Crippen molar-refractivity contribution in [2.45, 2.75) is 24.8 Å². The van der Waals surface area contributed by atoms with E-state index in [-0.39, 0.29) is 16.8 Å². The molecule has 0 aliphatic carbocycles. The number of rotatable bonds is 4. The minimum Gasteiger partial charge on any atom is -0.333 e. The van der Waals surface area contributed by atoms with E-state index in [0.717, 1.165) is 18.7 Å². The van der Waals surface area contributed by atoms with Gasteiger partial charge in [-0.2, -0.15) is 0 Å². The molecular weight excluding hydrogens is 350 g/mol. The Kier molecular flexibility index (Phi) is 5.29. The summed E-state index contributed by atoms with van der Waals surface area (Å²) in [6.07, 6.45) is 0. The summed E-state index contributed by atoms with van der Waals surface area (Å²) in [5.41, 5.74) is 1.92. The molecule has 0 unspecified atom stereocenters. The van der Waals surface area contributed by atoms with Crippen LogP contribution < -0.4 is 10.0 Å². The lowest BCUT2D eigenvalue weighted by molar-refractivity contribution is 0.0655. The molecule has 1 saturated heterocycles. The van der Waals surface area contributed by atoms with Crippen molar-refractivity contribution < 1.29 is 13.2 Å². The van der Waals surface area contributed by atoms with Crippen LogP contribution in [0.5, 0.6) is 0 Å². The molecule has 0 bridgehead atoms. The highest BCUT2D eigenvalue weighted by atomic mass is 32.2. The molecule has 1 heterocycles. The number of hydrogen-bond donors (Lipinski definition) is 2. The van der Waals surface area contributed by atoms with Crippen LogP contribution in [0.15, 0.2) is 53.4 Å². The van der Waals surface area contributed by atoms with Crippen LogP contribution in [0.1, 0.15) is 22.8 Å². The predicted molar refractivity (Wildman–Crippen MR) is 102 cm³/mol. The van der Waals surface area contributed by atoms with Gasteiger partial charge in [0.1, 0.15) is 0 Å². The maximum absolute atomic E-state index is 12.8. The molecule has 2 aromatic rings. The number of carbonyl (C=O) groups excluding carboxylic acids is 1. The normalized spacial score (nSPS) is 17.8. The van der Waals surface area contributed by atoms with Crippen LogP contribution in [0.2, 0.25) is 0 Å². The number of benzene rings is 2. The number of anilines is 1. The maximum atomic E-state index is 12.8. The van der Waals surface area contributed by atoms with E-state index in [1.807, 2.05) is 26.0 Å². The van der Waals surface area contributed by atoms with Gasteiger partial charge in [0.15, 0.2) is 0 Å². The Morgan fingerprint density at radius 1 is 1.19 bits per heavy atom. The first kappa shape index (κ1) is 18.4. The number of aryl methyl sites for hydroxylation is 1. The van der Waals surface area contributed by atoms with Crippen molar-refractivity contribution in [3.8, 4) is 0 Å². The van der Waals surface area contributed by atoms with Gasteiger partial charge in [0.05, 0.1) is 4.90 Å². The summed E-state index contributed by atoms with van der Waals surface area (Å²) >= 11 is 0. The molecule has 1 fully saturated rings. The standard InChI is InChI=1S/C19H23N3O3S/c1-14-6-8-17(9-7-14)21-26(24,25)18-5-3-4-16(12-18)19(23)22-11-10-20-13-15(22)2/h3-9,12,15,20-21H,10-11,13H2,1-2H3/t15-/m0/s1. The summed E-state index contributed by atoms with van der Waals surface area (Å²) < 4.78 is 27.9. The van der Waals surface area contributed by atoms with E-state index >= 15 is 0 Å². The van der Waals surface area contributed by atoms with Crippen LogP contribution in [0.25, 0.3) is 0 Å². The second kappa shape index (κ2) is 7.47. The van der Waals surface area contributed by atoms with E-state index < -0.39 is 10.0 Å². The average Bonchev–Trinajstić information content (AvgIpc) is 2.63. The van der Waals surface area contributed by atoms with E-state index in [1.165, 1.54) is 12.1 Å². The number of hydrogen-bond acceptors (Lipinski definition) is 4. The van der Waals surface area contributed by atoms with Gasteiger partial charge in [-0.25, -0.2) is 8.42 Å². The average molecular weight is 373 g/mol. The number of piperazine rings is 1. The second-order valence-electron chi connectivity index (χ2n) is 6.55. The van der Waals surface area contributed by atoms with Crippen LogP contribution in [-0.2, 0) is 10.0 Å². The third-order valence-electron chi connectivity index (χ3n) is 4.46. The van der Waals surface area contributed by atoms with Gasteiger partial charge in [0, 0.05) is 36.9 Å². The molecule has 0 spiro atoms. The molecule has 7 heteroatoms. The van der Waals surface area contributed by atoms with Crippen molar-refractivity contribution in [1.29, 1.82) is 0 Å². The summed E-state index contributed by atoms with van der Waals surface area (Å²) in [4.78, 5) is 14.6. The fourth-order valence-corrected chi connectivity index (χ4v) is 4.04. The van der Waals surface area contributed by atoms with E-state index in [4.69, 9.17) is 0 Å². The van der Waals surface area contributed by atoms with Gasteiger partial charge in [-0.05, 0) is 44.2 Å². The molecule has 1 atom stereocenters. The Morgan fingerprint density at radius 2 is 1.92 bits per heavy atom. The topological polar surface area (TPSA) is 78.5 Å². The van der Waals surface area contributed by atoms with Crippen molar-refractivity contribution in [2.75, 3.05) is 24.4 Å². The van der Waals surface area contributed by atoms with E-state index in [1.54, 1.807) is 29.2 Å². The molecule has 1 aliphatic rings. The monoisotopic (exact) mass is 373 g/mol. The van der Waals surface area contributed by atoms with E-state index in [2.05, 4.69) is 10.0 Å². The van der Waals surface area contributed by atoms with E-state index in [0.29, 0.717) is 17.8 Å². The SMILES string of the molecule is Cc1ccc(NS(=O)(=O)c2cccc(C(=O)N3CCNC[C@@H]3C)c2)cc1. The van der Waals surface area contributed by atoms with Gasteiger partial charge in [0.2, 0.25) is 0 Å². The first-order valence-electron chi connectivity index (χ1n) is 8.58. The highest BCUT2D eigenvalue weighted by molar-refractivity contribution is 7.92. The molecule has 26 heavy (non-hydrogen) atoms. The Labute approximate surface area is 154 Å². The van der Waals surface area contributed by atoms with Gasteiger partial charge < -0.3 is 10.2 Å². The minimum absolute atomic E-state index is 0.0715. The highest BCUT2D eigenvalue weighted by Crippen LogP contribution is 2.19. The van der Waals surface area contributed by atoms with Crippen molar-refractivity contribution in [2.24, 2.45) is 0 Å². The van der Waals surface area contributed by atoms with Gasteiger partial charge >= 0.3 is 0 Å². The van der Waals surface area contributed by atoms with Crippen molar-refractivity contribution in [1.82, 2.24) is 10.2 Å². The lowest BCUT2D eigenvalue weighted by Gasteiger charge is -2.34. The first-order chi connectivity index (χ1) is 12.4. The lowest BCUT2D eigenvalue weighted by atomic mass is 10.1. The predicted octanol–water partition coefficient (Wildman–Crippen LogP) is 2.23. The van der Waals surface area contributed by atoms with E-state index in [9.17, 15) is 13.2 Å². The zero-order valence-electron chi connectivity index (χ0n) is 14.9. The van der Waals surface area contributed by atoms with Crippen LogP contribution in [-0.4, -0.2) is 44.9 Å². The molecule has 2 N–H and O–H groups in total. The number of carbonyl (C=O) groups is 1. The Hall–Kier alpha value is -2.38. The minimum atomic E-state index is -3.76. The van der Waals surface area contributed by atoms with Crippen molar-refractivity contribution in [3.63, 3.8) is 0 Å². The molecule has 3 rings (SSSR count). The van der Waals surface area contributed by atoms with Gasteiger partial charge in [0.25, 0.3) is 15.9 Å². The Balaban J connectivity index is 1.83. The molecule has 0 saturated carbocycles. The molecule has 1 aliphatic heterocycles. The van der Waals surface area contributed by atoms with Crippen molar-refractivity contribution in [3.05, 3.63) is 59.7 Å². The summed E-state index contributed by atoms with van der Waals surface area (Å²) in [6.45, 7) is 5.99. The zero-order valence-corrected chi connectivity index (χ0v) is 15.7. The maximum Gasteiger partial charge on any atom is 0.261 e. The van der Waals surface area contributed by atoms with Crippen LogP contribution in [0, 0.1) is 6.92 Å². The summed E-state index contributed by atoms with van der Waals surface area (Å²) in [5.74, 6) is -0.147. The Bertz CT molecular complexity index is 895. The molecule has 138 valence electrons. The molecule has 6 nitrogen and oxygen atoms in total. The van der Waals surface area contributed by atoms with Crippen LogP contribution >= 0.6 is 0 Å². The lowest BCUT2D eigenvalue weighted by Crippen LogP contribution is -2.52. The zero-order chi connectivity index (χ0) is 18.7. The smallest absolute Gasteiger partial charge is 0.261 e. The summed E-state index contributed by atoms with van der Waals surface area (Å²) in [5, 5.41) is 3.24. The molecule has 0 aromatic heterocycles. The Morgan fingerprint density at radius 3 is 2.62 bits per heavy atom. The quantitative estimate of drug-likeness (QED) is 0.861. The molecule has 2 aromatic carbocycles. The number of amides is 1. The molecule has 1 amide bonds. The second-order valence-corrected chi connectivity index (χ2v) is 8.23. The first-order valence-corrected chi connectivity index (χ1v) is 10.1. The van der Waals surface area contributed by atoms with Gasteiger partial charge in [-0.3, -0.25) is 9.52 Å². The fourth-order valence-electron chi connectivity index (χ4n) is 2.94. The third kappa shape index (κ3) is 4.05. The molecular formula is C19H23N3O3S. The third-order valence-corrected chi connectivity index (χ3v) is 5.84. The van der Waals surface area contributed by atoms with Gasteiger partial charge in [-0.1, -0.05) is 23.8 Å². The summed E-state index contributed by atoms with van der Waals surface area (Å²) in [6, 6.07) is 13.4. The van der Waals surface area contributed by atoms with Crippen LogP contribution in [0.4, 0.5) is 5.69 Å². The van der Waals surface area contributed by atoms with Crippen LogP contribution in [0.3, 0.4) is 0 Å². The number of nitrogens with one attached hydrogen (secondary N) is 2. The van der Waals surface area contributed by atoms with Crippen molar-refractivity contribution >= 4 is 21.6 Å².